The van der Waals surface area contributed by atoms with E-state index < -0.39 is 0 Å². The molecule has 1 heterocycles. The molecule has 1 saturated heterocycles. The van der Waals surface area contributed by atoms with E-state index in [9.17, 15) is 0 Å². The lowest BCUT2D eigenvalue weighted by molar-refractivity contribution is 0.00578. The van der Waals surface area contributed by atoms with E-state index in [1.54, 1.807) is 5.56 Å². The average molecular weight is 458 g/mol. The van der Waals surface area contributed by atoms with E-state index in [-0.39, 0.29) is 29.2 Å². The Kier molecular flexibility index (Phi) is 5.85. The van der Waals surface area contributed by atoms with Gasteiger partial charge in [0, 0.05) is 10.8 Å². The Hall–Kier alpha value is -1.58. The third-order valence-electron chi connectivity index (χ3n) is 9.89. The van der Waals surface area contributed by atoms with Crippen LogP contribution in [-0.2, 0) is 26.6 Å². The number of rotatable bonds is 6. The maximum Gasteiger partial charge on any atom is 0.494 e. The first-order valence-electron chi connectivity index (χ1n) is 13.7. The summed E-state index contributed by atoms with van der Waals surface area (Å²) < 4.78 is 12.9. The summed E-state index contributed by atoms with van der Waals surface area (Å²) in [6.45, 7) is 15.8. The highest BCUT2D eigenvalue weighted by molar-refractivity contribution is 6.62. The highest BCUT2D eigenvalue weighted by atomic mass is 16.7. The normalized spacial score (nSPS) is 28.5. The molecule has 1 aliphatic heterocycles. The molecular weight excluding hydrogens is 415 g/mol. The van der Waals surface area contributed by atoms with Gasteiger partial charge >= 0.3 is 7.12 Å². The Morgan fingerprint density at radius 1 is 0.794 bits per heavy atom. The van der Waals surface area contributed by atoms with Gasteiger partial charge < -0.3 is 9.31 Å². The van der Waals surface area contributed by atoms with Crippen molar-refractivity contribution in [3.63, 3.8) is 0 Å². The van der Waals surface area contributed by atoms with Gasteiger partial charge in [0.25, 0.3) is 0 Å². The van der Waals surface area contributed by atoms with Crippen LogP contribution in [0.2, 0.25) is 0 Å². The number of aryl methyl sites for hydroxylation is 1. The van der Waals surface area contributed by atoms with Gasteiger partial charge in [0.05, 0.1) is 11.2 Å². The van der Waals surface area contributed by atoms with Crippen LogP contribution in [0.25, 0.3) is 11.1 Å². The summed E-state index contributed by atoms with van der Waals surface area (Å²) in [7, 11) is -0.306. The molecule has 0 bridgehead atoms. The number of unbranched alkanes of at least 4 members (excludes halogenated alkanes) is 1. The standard InChI is InChI=1S/C31H43BO2/c1-8-10-12-22-13-15-24-25-16-14-23(32-33-28(3,4)29(5,6)34-32)21-27(25)31(17-9-2)19-11-18-30(31,7)26(24)20-22/h13-16,20-21H,8-12,17-19H2,1-7H3/t30-,31+/m1/s1. The van der Waals surface area contributed by atoms with Crippen molar-refractivity contribution < 1.29 is 9.31 Å². The van der Waals surface area contributed by atoms with E-state index >= 15 is 0 Å². The van der Waals surface area contributed by atoms with Crippen molar-refractivity contribution in [2.24, 2.45) is 0 Å². The minimum atomic E-state index is -0.321. The quantitative estimate of drug-likeness (QED) is 0.418. The van der Waals surface area contributed by atoms with Crippen LogP contribution in [0.4, 0.5) is 0 Å². The molecule has 3 aliphatic rings. The molecule has 0 radical (unpaired) electrons. The summed E-state index contributed by atoms with van der Waals surface area (Å²) in [6, 6.07) is 14.5. The Morgan fingerprint density at radius 3 is 2.15 bits per heavy atom. The minimum absolute atomic E-state index is 0.183. The highest BCUT2D eigenvalue weighted by Crippen LogP contribution is 2.63. The second kappa shape index (κ2) is 8.24. The fraction of sp³-hybridized carbons (Fsp3) is 0.613. The van der Waals surface area contributed by atoms with E-state index in [1.165, 1.54) is 79.1 Å². The van der Waals surface area contributed by atoms with Gasteiger partial charge in [-0.2, -0.15) is 0 Å². The molecule has 2 aromatic rings. The summed E-state index contributed by atoms with van der Waals surface area (Å²) in [6.07, 6.45) is 10.0. The summed E-state index contributed by atoms with van der Waals surface area (Å²) in [4.78, 5) is 0. The van der Waals surface area contributed by atoms with E-state index in [1.807, 2.05) is 0 Å². The molecule has 0 aromatic heterocycles. The second-order valence-corrected chi connectivity index (χ2v) is 12.4. The van der Waals surface area contributed by atoms with Crippen molar-refractivity contribution in [3.8, 4) is 11.1 Å². The lowest BCUT2D eigenvalue weighted by Crippen LogP contribution is -2.47. The van der Waals surface area contributed by atoms with Crippen molar-refractivity contribution in [2.75, 3.05) is 0 Å². The molecule has 182 valence electrons. The van der Waals surface area contributed by atoms with Gasteiger partial charge in [0.1, 0.15) is 0 Å². The minimum Gasteiger partial charge on any atom is -0.399 e. The van der Waals surface area contributed by atoms with Gasteiger partial charge in [-0.05, 0) is 93.1 Å². The van der Waals surface area contributed by atoms with E-state index in [0.717, 1.165) is 0 Å². The van der Waals surface area contributed by atoms with Gasteiger partial charge in [0.2, 0.25) is 0 Å². The van der Waals surface area contributed by atoms with E-state index in [0.29, 0.717) is 0 Å². The van der Waals surface area contributed by atoms with E-state index in [4.69, 9.17) is 9.31 Å². The van der Waals surface area contributed by atoms with Crippen LogP contribution in [0.5, 0.6) is 0 Å². The van der Waals surface area contributed by atoms with Gasteiger partial charge in [-0.3, -0.25) is 0 Å². The van der Waals surface area contributed by atoms with Crippen LogP contribution >= 0.6 is 0 Å². The predicted octanol–water partition coefficient (Wildman–Crippen LogP) is 7.49. The molecule has 2 aliphatic carbocycles. The number of hydrogen-bond donors (Lipinski definition) is 0. The van der Waals surface area contributed by atoms with Crippen LogP contribution in [0, 0.1) is 0 Å². The molecule has 2 aromatic carbocycles. The average Bonchev–Trinajstić information content (AvgIpc) is 3.25. The Balaban J connectivity index is 1.67. The Labute approximate surface area is 208 Å². The van der Waals surface area contributed by atoms with Crippen LogP contribution in [0.1, 0.15) is 110 Å². The molecule has 0 spiro atoms. The van der Waals surface area contributed by atoms with Crippen molar-refractivity contribution in [3.05, 3.63) is 53.1 Å². The molecule has 0 amide bonds. The summed E-state index contributed by atoms with van der Waals surface area (Å²) in [5.74, 6) is 0. The van der Waals surface area contributed by atoms with Gasteiger partial charge in [-0.25, -0.2) is 0 Å². The zero-order valence-corrected chi connectivity index (χ0v) is 22.5. The zero-order valence-electron chi connectivity index (χ0n) is 22.5. The first-order chi connectivity index (χ1) is 16.1. The highest BCUT2D eigenvalue weighted by Gasteiger charge is 2.57. The first-order valence-corrected chi connectivity index (χ1v) is 13.7. The molecule has 0 N–H and O–H groups in total. The smallest absolute Gasteiger partial charge is 0.399 e. The summed E-state index contributed by atoms with van der Waals surface area (Å²) >= 11 is 0. The van der Waals surface area contributed by atoms with Crippen LogP contribution in [0.3, 0.4) is 0 Å². The zero-order chi connectivity index (χ0) is 24.4. The molecule has 2 nitrogen and oxygen atoms in total. The molecule has 34 heavy (non-hydrogen) atoms. The third-order valence-corrected chi connectivity index (χ3v) is 9.89. The SMILES string of the molecule is CCCCc1ccc2c(c1)[C@@]1(C)CCC[C@@]1(CCC)c1cc(B3OC(C)(C)C(C)(C)O3)ccc1-2. The monoisotopic (exact) mass is 458 g/mol. The molecule has 5 rings (SSSR count). The van der Waals surface area contributed by atoms with Crippen molar-refractivity contribution >= 4 is 12.6 Å². The molecule has 3 heteroatoms. The van der Waals surface area contributed by atoms with Crippen LogP contribution in [0.15, 0.2) is 36.4 Å². The molecular formula is C31H43BO2. The van der Waals surface area contributed by atoms with Crippen LogP contribution < -0.4 is 5.46 Å². The molecule has 1 saturated carbocycles. The maximum atomic E-state index is 6.47. The van der Waals surface area contributed by atoms with Crippen molar-refractivity contribution in [2.45, 2.75) is 122 Å². The van der Waals surface area contributed by atoms with Gasteiger partial charge in [0.15, 0.2) is 0 Å². The summed E-state index contributed by atoms with van der Waals surface area (Å²) in [5.41, 5.74) is 8.43. The first kappa shape index (κ1) is 24.1. The fourth-order valence-corrected chi connectivity index (χ4v) is 7.18. The Bertz CT molecular complexity index is 1070. The number of benzene rings is 2. The molecule has 2 atom stereocenters. The van der Waals surface area contributed by atoms with Crippen LogP contribution in [-0.4, -0.2) is 18.3 Å². The predicted molar refractivity (Wildman–Crippen MR) is 144 cm³/mol. The number of fused-ring (bicyclic) bond motifs is 6. The van der Waals surface area contributed by atoms with Gasteiger partial charge in [-0.15, -0.1) is 0 Å². The lowest BCUT2D eigenvalue weighted by Gasteiger charge is -2.50. The second-order valence-electron chi connectivity index (χ2n) is 12.4. The summed E-state index contributed by atoms with van der Waals surface area (Å²) in [5, 5.41) is 0. The number of hydrogen-bond acceptors (Lipinski definition) is 2. The largest absolute Gasteiger partial charge is 0.494 e. The van der Waals surface area contributed by atoms with E-state index in [2.05, 4.69) is 84.9 Å². The Morgan fingerprint density at radius 2 is 1.47 bits per heavy atom. The van der Waals surface area contributed by atoms with Crippen molar-refractivity contribution in [1.29, 1.82) is 0 Å². The fourth-order valence-electron chi connectivity index (χ4n) is 7.18. The topological polar surface area (TPSA) is 18.5 Å². The molecule has 0 unspecified atom stereocenters. The van der Waals surface area contributed by atoms with Gasteiger partial charge in [-0.1, -0.05) is 76.4 Å². The molecule has 2 fully saturated rings. The lowest BCUT2D eigenvalue weighted by atomic mass is 9.52. The van der Waals surface area contributed by atoms with Crippen molar-refractivity contribution in [1.82, 2.24) is 0 Å². The third kappa shape index (κ3) is 3.37. The maximum absolute atomic E-state index is 6.47.